The highest BCUT2D eigenvalue weighted by Crippen LogP contribution is 1.86. The monoisotopic (exact) mass is 313 g/mol. The fourth-order valence-corrected chi connectivity index (χ4v) is 0.903. The number of nitrogens with two attached hydrogens (primary N) is 3. The third kappa shape index (κ3) is 21.6. The SMILES string of the molecule is CN(CCN=C(N)N)CCN(C)C(=N)N.O=S(=O)(O)O. The molecule has 12 heteroatoms. The van der Waals surface area contributed by atoms with E-state index in [1.165, 1.54) is 0 Å². The van der Waals surface area contributed by atoms with Gasteiger partial charge in [-0.3, -0.25) is 19.5 Å². The van der Waals surface area contributed by atoms with Gasteiger partial charge in [-0.2, -0.15) is 8.42 Å². The van der Waals surface area contributed by atoms with Gasteiger partial charge >= 0.3 is 10.4 Å². The fraction of sp³-hybridized carbons (Fsp3) is 0.750. The van der Waals surface area contributed by atoms with Gasteiger partial charge in [-0.25, -0.2) is 0 Å². The van der Waals surface area contributed by atoms with Gasteiger partial charge in [0.2, 0.25) is 0 Å². The van der Waals surface area contributed by atoms with Crippen LogP contribution in [0.1, 0.15) is 0 Å². The van der Waals surface area contributed by atoms with Crippen molar-refractivity contribution < 1.29 is 17.5 Å². The lowest BCUT2D eigenvalue weighted by molar-refractivity contribution is 0.311. The summed E-state index contributed by atoms with van der Waals surface area (Å²) in [6, 6.07) is 0. The van der Waals surface area contributed by atoms with Crippen molar-refractivity contribution in [2.45, 2.75) is 0 Å². The first kappa shape index (κ1) is 20.7. The van der Waals surface area contributed by atoms with Crippen LogP contribution in [0.15, 0.2) is 4.99 Å². The predicted molar refractivity (Wildman–Crippen MR) is 76.9 cm³/mol. The number of hydrogen-bond donors (Lipinski definition) is 6. The highest BCUT2D eigenvalue weighted by molar-refractivity contribution is 7.79. The van der Waals surface area contributed by atoms with E-state index in [-0.39, 0.29) is 11.9 Å². The third-order valence-electron chi connectivity index (χ3n) is 2.00. The molecule has 0 unspecified atom stereocenters. The second-order valence-electron chi connectivity index (χ2n) is 3.86. The second kappa shape index (κ2) is 10.2. The van der Waals surface area contributed by atoms with E-state index >= 15 is 0 Å². The molecule has 20 heavy (non-hydrogen) atoms. The average molecular weight is 313 g/mol. The van der Waals surface area contributed by atoms with Crippen molar-refractivity contribution >= 4 is 22.3 Å². The summed E-state index contributed by atoms with van der Waals surface area (Å²) in [5.41, 5.74) is 15.7. The molecule has 0 bridgehead atoms. The Hall–Kier alpha value is -1.63. The summed E-state index contributed by atoms with van der Waals surface area (Å²) in [6.07, 6.45) is 0. The molecule has 0 aliphatic heterocycles. The van der Waals surface area contributed by atoms with Crippen molar-refractivity contribution in [2.24, 2.45) is 22.2 Å². The summed E-state index contributed by atoms with van der Waals surface area (Å²) in [7, 11) is -0.914. The van der Waals surface area contributed by atoms with Gasteiger partial charge in [-0.05, 0) is 7.05 Å². The largest absolute Gasteiger partial charge is 0.394 e. The topological polar surface area (TPSA) is 195 Å². The van der Waals surface area contributed by atoms with Crippen LogP contribution in [-0.4, -0.2) is 79.5 Å². The zero-order chi connectivity index (χ0) is 16.3. The lowest BCUT2D eigenvalue weighted by atomic mass is 10.4. The van der Waals surface area contributed by atoms with E-state index in [4.69, 9.17) is 40.1 Å². The number of rotatable bonds is 6. The minimum atomic E-state index is -4.67. The normalized spacial score (nSPS) is 10.4. The summed E-state index contributed by atoms with van der Waals surface area (Å²) in [5.74, 6) is 0.192. The Bertz CT molecular complexity index is 399. The molecule has 0 saturated heterocycles. The van der Waals surface area contributed by atoms with Gasteiger partial charge in [0.25, 0.3) is 0 Å². The summed E-state index contributed by atoms with van der Waals surface area (Å²) >= 11 is 0. The van der Waals surface area contributed by atoms with Gasteiger partial charge in [0, 0.05) is 26.7 Å². The number of likely N-dealkylation sites (N-methyl/N-ethyl adjacent to an activating group) is 2. The van der Waals surface area contributed by atoms with Crippen molar-refractivity contribution in [1.82, 2.24) is 9.80 Å². The van der Waals surface area contributed by atoms with Crippen LogP contribution in [0.3, 0.4) is 0 Å². The first-order chi connectivity index (χ1) is 8.93. The minimum Gasteiger partial charge on any atom is -0.370 e. The Morgan fingerprint density at radius 1 is 1.15 bits per heavy atom. The molecule has 0 aliphatic carbocycles. The third-order valence-corrected chi connectivity index (χ3v) is 2.00. The molecule has 0 aromatic heterocycles. The van der Waals surface area contributed by atoms with E-state index < -0.39 is 10.4 Å². The Balaban J connectivity index is 0. The van der Waals surface area contributed by atoms with E-state index in [1.54, 1.807) is 11.9 Å². The quantitative estimate of drug-likeness (QED) is 0.172. The zero-order valence-electron chi connectivity index (χ0n) is 11.5. The van der Waals surface area contributed by atoms with Crippen molar-refractivity contribution in [3.63, 3.8) is 0 Å². The van der Waals surface area contributed by atoms with Crippen LogP contribution in [-0.2, 0) is 10.4 Å². The summed E-state index contributed by atoms with van der Waals surface area (Å²) in [6.45, 7) is 2.90. The molecular formula is C8H23N7O4S. The molecule has 0 atom stereocenters. The summed E-state index contributed by atoms with van der Waals surface area (Å²) in [5, 5.41) is 7.17. The number of nitrogens with zero attached hydrogens (tertiary/aromatic N) is 3. The maximum Gasteiger partial charge on any atom is 0.394 e. The van der Waals surface area contributed by atoms with Crippen LogP contribution < -0.4 is 17.2 Å². The molecule has 0 radical (unpaired) electrons. The first-order valence-corrected chi connectivity index (χ1v) is 6.82. The molecule has 9 N–H and O–H groups in total. The van der Waals surface area contributed by atoms with Crippen LogP contribution >= 0.6 is 0 Å². The fourth-order valence-electron chi connectivity index (χ4n) is 0.903. The average Bonchev–Trinajstić information content (AvgIpc) is 2.22. The smallest absolute Gasteiger partial charge is 0.370 e. The van der Waals surface area contributed by atoms with Crippen LogP contribution in [0.25, 0.3) is 0 Å². The second-order valence-corrected chi connectivity index (χ2v) is 4.76. The van der Waals surface area contributed by atoms with Crippen molar-refractivity contribution in [1.29, 1.82) is 5.41 Å². The highest BCUT2D eigenvalue weighted by atomic mass is 32.3. The molecule has 0 heterocycles. The Morgan fingerprint density at radius 2 is 1.60 bits per heavy atom. The number of hydrogen-bond acceptors (Lipinski definition) is 5. The van der Waals surface area contributed by atoms with E-state index in [0.717, 1.165) is 13.1 Å². The predicted octanol–water partition coefficient (Wildman–Crippen LogP) is -2.64. The Kier molecular flexibility index (Phi) is 10.5. The van der Waals surface area contributed by atoms with Gasteiger partial charge in [-0.1, -0.05) is 0 Å². The van der Waals surface area contributed by atoms with Gasteiger partial charge in [0.15, 0.2) is 11.9 Å². The Morgan fingerprint density at radius 3 is 1.95 bits per heavy atom. The lowest BCUT2D eigenvalue weighted by Gasteiger charge is -2.21. The maximum absolute atomic E-state index is 8.74. The van der Waals surface area contributed by atoms with E-state index in [0.29, 0.717) is 13.1 Å². The molecule has 0 saturated carbocycles. The highest BCUT2D eigenvalue weighted by Gasteiger charge is 2.02. The van der Waals surface area contributed by atoms with Crippen LogP contribution in [0.2, 0.25) is 0 Å². The van der Waals surface area contributed by atoms with Gasteiger partial charge in [-0.15, -0.1) is 0 Å². The van der Waals surface area contributed by atoms with Crippen LogP contribution in [0.4, 0.5) is 0 Å². The summed E-state index contributed by atoms with van der Waals surface area (Å²) in [4.78, 5) is 7.63. The molecule has 0 aliphatic rings. The molecule has 0 spiro atoms. The van der Waals surface area contributed by atoms with Crippen LogP contribution in [0, 0.1) is 5.41 Å². The number of guanidine groups is 2. The molecule has 11 nitrogen and oxygen atoms in total. The van der Waals surface area contributed by atoms with Gasteiger partial charge < -0.3 is 27.0 Å². The van der Waals surface area contributed by atoms with Crippen molar-refractivity contribution in [3.05, 3.63) is 0 Å². The lowest BCUT2D eigenvalue weighted by Crippen LogP contribution is -2.39. The van der Waals surface area contributed by atoms with E-state index in [2.05, 4.69) is 9.89 Å². The molecule has 0 aromatic rings. The number of nitrogens with one attached hydrogen (secondary N) is 1. The first-order valence-electron chi connectivity index (χ1n) is 5.42. The molecular weight excluding hydrogens is 290 g/mol. The summed E-state index contributed by atoms with van der Waals surface area (Å²) < 4.78 is 31.6. The van der Waals surface area contributed by atoms with E-state index in [1.807, 2.05) is 7.05 Å². The van der Waals surface area contributed by atoms with Crippen molar-refractivity contribution in [3.8, 4) is 0 Å². The minimum absolute atomic E-state index is 0.0765. The Labute approximate surface area is 118 Å². The molecule has 0 aromatic carbocycles. The van der Waals surface area contributed by atoms with Gasteiger partial charge in [0.05, 0.1) is 6.54 Å². The van der Waals surface area contributed by atoms with Gasteiger partial charge in [0.1, 0.15) is 0 Å². The molecule has 0 rings (SSSR count). The molecule has 120 valence electrons. The molecule has 0 amide bonds. The standard InChI is InChI=1S/C8H21N7.H2O4S/c1-14(4-3-13-7(9)10)5-6-15(2)8(11)12;1-5(2,3)4/h3-6H2,1-2H3,(H3,11,12)(H4,9,10,13);(H2,1,2,3,4). The maximum atomic E-state index is 8.74. The van der Waals surface area contributed by atoms with Crippen molar-refractivity contribution in [2.75, 3.05) is 40.3 Å². The van der Waals surface area contributed by atoms with E-state index in [9.17, 15) is 0 Å². The van der Waals surface area contributed by atoms with Crippen LogP contribution in [0.5, 0.6) is 0 Å². The molecule has 0 fully saturated rings. The number of aliphatic imine (C=N–C) groups is 1. The zero-order valence-corrected chi connectivity index (χ0v) is 12.3.